The lowest BCUT2D eigenvalue weighted by Gasteiger charge is -2.14. The van der Waals surface area contributed by atoms with E-state index < -0.39 is 0 Å². The highest BCUT2D eigenvalue weighted by Gasteiger charge is 2.15. The molecule has 1 heterocycles. The number of carbonyl (C=O) groups excluding carboxylic acids is 1. The predicted molar refractivity (Wildman–Crippen MR) is 92.5 cm³/mol. The summed E-state index contributed by atoms with van der Waals surface area (Å²) in [5.74, 6) is -0.137. The van der Waals surface area contributed by atoms with Crippen LogP contribution in [0.3, 0.4) is 0 Å². The molecule has 0 radical (unpaired) electrons. The molecular weight excluding hydrogens is 286 g/mol. The average Bonchev–Trinajstić information content (AvgIpc) is 3.06. The molecule has 1 aliphatic rings. The number of aromatic nitrogens is 1. The lowest BCUT2D eigenvalue weighted by atomic mass is 10.1. The van der Waals surface area contributed by atoms with Gasteiger partial charge in [-0.15, -0.1) is 0 Å². The molecule has 2 aromatic rings. The van der Waals surface area contributed by atoms with Gasteiger partial charge in [-0.1, -0.05) is 42.7 Å². The Kier molecular flexibility index (Phi) is 4.91. The molecule has 0 saturated heterocycles. The number of hydrogen-bond donors (Lipinski definition) is 2. The van der Waals surface area contributed by atoms with Crippen LogP contribution in [0.4, 0.5) is 5.69 Å². The first-order valence-corrected chi connectivity index (χ1v) is 8.27. The highest BCUT2D eigenvalue weighted by atomic mass is 16.1. The minimum atomic E-state index is -0.137. The smallest absolute Gasteiger partial charge is 0.270 e. The van der Waals surface area contributed by atoms with E-state index in [2.05, 4.69) is 21.7 Å². The monoisotopic (exact) mass is 309 g/mol. The number of hydrogen-bond acceptors (Lipinski definition) is 3. The molecule has 0 unspecified atom stereocenters. The van der Waals surface area contributed by atoms with Gasteiger partial charge in [-0.3, -0.25) is 9.78 Å². The summed E-state index contributed by atoms with van der Waals surface area (Å²) in [6.07, 6.45) is 6.67. The van der Waals surface area contributed by atoms with E-state index in [4.69, 9.17) is 0 Å². The van der Waals surface area contributed by atoms with E-state index >= 15 is 0 Å². The Morgan fingerprint density at radius 1 is 1.22 bits per heavy atom. The Bertz CT molecular complexity index is 678. The van der Waals surface area contributed by atoms with Crippen molar-refractivity contribution in [1.82, 2.24) is 10.3 Å². The first-order chi connectivity index (χ1) is 11.2. The van der Waals surface area contributed by atoms with E-state index in [1.54, 1.807) is 6.20 Å². The Morgan fingerprint density at radius 2 is 2.04 bits per heavy atom. The van der Waals surface area contributed by atoms with Gasteiger partial charge in [0.15, 0.2) is 0 Å². The largest absolute Gasteiger partial charge is 0.382 e. The summed E-state index contributed by atoms with van der Waals surface area (Å²) in [5, 5.41) is 6.43. The number of anilines is 1. The Labute approximate surface area is 137 Å². The van der Waals surface area contributed by atoms with Crippen molar-refractivity contribution in [2.24, 2.45) is 0 Å². The van der Waals surface area contributed by atoms with Crippen LogP contribution in [0.2, 0.25) is 0 Å². The normalized spacial score (nSPS) is 14.7. The van der Waals surface area contributed by atoms with Gasteiger partial charge in [0, 0.05) is 24.5 Å². The van der Waals surface area contributed by atoms with Crippen molar-refractivity contribution in [1.29, 1.82) is 0 Å². The van der Waals surface area contributed by atoms with E-state index in [1.807, 2.05) is 37.3 Å². The summed E-state index contributed by atoms with van der Waals surface area (Å²) in [4.78, 5) is 16.5. The third kappa shape index (κ3) is 4.31. The molecule has 0 spiro atoms. The molecule has 1 saturated carbocycles. The molecule has 2 N–H and O–H groups in total. The fourth-order valence-corrected chi connectivity index (χ4v) is 3.05. The molecule has 1 amide bonds. The molecule has 3 rings (SSSR count). The second-order valence-electron chi connectivity index (χ2n) is 6.23. The van der Waals surface area contributed by atoms with Crippen LogP contribution in [-0.4, -0.2) is 16.9 Å². The van der Waals surface area contributed by atoms with Crippen LogP contribution in [0.15, 0.2) is 42.6 Å². The Balaban J connectivity index is 1.60. The molecule has 23 heavy (non-hydrogen) atoms. The molecular formula is C19H23N3O. The van der Waals surface area contributed by atoms with E-state index in [0.29, 0.717) is 18.3 Å². The summed E-state index contributed by atoms with van der Waals surface area (Å²) >= 11 is 0. The molecule has 4 nitrogen and oxygen atoms in total. The van der Waals surface area contributed by atoms with Gasteiger partial charge in [0.05, 0.1) is 0 Å². The summed E-state index contributed by atoms with van der Waals surface area (Å²) in [7, 11) is 0. The van der Waals surface area contributed by atoms with Crippen LogP contribution in [0.5, 0.6) is 0 Å². The van der Waals surface area contributed by atoms with E-state index in [9.17, 15) is 4.79 Å². The molecule has 1 aromatic carbocycles. The highest BCUT2D eigenvalue weighted by Crippen LogP contribution is 2.22. The summed E-state index contributed by atoms with van der Waals surface area (Å²) in [6, 6.07) is 12.4. The molecule has 0 aliphatic heterocycles. The van der Waals surface area contributed by atoms with Gasteiger partial charge in [0.1, 0.15) is 5.69 Å². The van der Waals surface area contributed by atoms with Gasteiger partial charge in [-0.05, 0) is 37.5 Å². The van der Waals surface area contributed by atoms with Crippen molar-refractivity contribution in [3.05, 3.63) is 59.4 Å². The zero-order chi connectivity index (χ0) is 16.1. The summed E-state index contributed by atoms with van der Waals surface area (Å²) in [5.41, 5.74) is 3.73. The lowest BCUT2D eigenvalue weighted by molar-refractivity contribution is 0.0946. The maximum absolute atomic E-state index is 12.3. The van der Waals surface area contributed by atoms with Crippen LogP contribution in [0, 0.1) is 6.92 Å². The number of carbonyl (C=O) groups is 1. The van der Waals surface area contributed by atoms with Crippen LogP contribution in [0.25, 0.3) is 0 Å². The van der Waals surface area contributed by atoms with Crippen molar-refractivity contribution in [3.63, 3.8) is 0 Å². The molecule has 1 fully saturated rings. The minimum Gasteiger partial charge on any atom is -0.382 e. The standard InChI is InChI=1S/C19H23N3O/c1-14-5-4-6-15(11-14)13-21-19(23)18-12-17(9-10-20-18)22-16-7-2-3-8-16/h4-6,9-12,16H,2-3,7-8,13H2,1H3,(H,20,22)(H,21,23). The number of benzene rings is 1. The highest BCUT2D eigenvalue weighted by molar-refractivity contribution is 5.93. The van der Waals surface area contributed by atoms with Gasteiger partial charge in [0.2, 0.25) is 0 Å². The first kappa shape index (κ1) is 15.5. The van der Waals surface area contributed by atoms with Gasteiger partial charge in [0.25, 0.3) is 5.91 Å². The molecule has 4 heteroatoms. The van der Waals surface area contributed by atoms with Gasteiger partial charge in [-0.2, -0.15) is 0 Å². The topological polar surface area (TPSA) is 54.0 Å². The van der Waals surface area contributed by atoms with Crippen molar-refractivity contribution in [3.8, 4) is 0 Å². The van der Waals surface area contributed by atoms with E-state index in [-0.39, 0.29) is 5.91 Å². The Hall–Kier alpha value is -2.36. The lowest BCUT2D eigenvalue weighted by Crippen LogP contribution is -2.24. The predicted octanol–water partition coefficient (Wildman–Crippen LogP) is 3.67. The van der Waals surface area contributed by atoms with E-state index in [1.165, 1.54) is 31.2 Å². The summed E-state index contributed by atoms with van der Waals surface area (Å²) in [6.45, 7) is 2.56. The second-order valence-corrected chi connectivity index (χ2v) is 6.23. The van der Waals surface area contributed by atoms with Crippen LogP contribution < -0.4 is 10.6 Å². The molecule has 1 aromatic heterocycles. The molecule has 1 aliphatic carbocycles. The number of pyridine rings is 1. The zero-order valence-electron chi connectivity index (χ0n) is 13.5. The van der Waals surface area contributed by atoms with Crippen molar-refractivity contribution < 1.29 is 4.79 Å². The quantitative estimate of drug-likeness (QED) is 0.886. The van der Waals surface area contributed by atoms with Crippen molar-refractivity contribution in [2.45, 2.75) is 45.2 Å². The molecule has 120 valence electrons. The van der Waals surface area contributed by atoms with Crippen LogP contribution in [0.1, 0.15) is 47.3 Å². The van der Waals surface area contributed by atoms with E-state index in [0.717, 1.165) is 11.3 Å². The van der Waals surface area contributed by atoms with Crippen LogP contribution >= 0.6 is 0 Å². The molecule has 0 atom stereocenters. The van der Waals surface area contributed by atoms with Gasteiger partial charge < -0.3 is 10.6 Å². The Morgan fingerprint density at radius 3 is 2.83 bits per heavy atom. The maximum Gasteiger partial charge on any atom is 0.270 e. The first-order valence-electron chi connectivity index (χ1n) is 8.27. The summed E-state index contributed by atoms with van der Waals surface area (Å²) < 4.78 is 0. The van der Waals surface area contributed by atoms with Gasteiger partial charge >= 0.3 is 0 Å². The van der Waals surface area contributed by atoms with Crippen molar-refractivity contribution >= 4 is 11.6 Å². The number of aryl methyl sites for hydroxylation is 1. The average molecular weight is 309 g/mol. The number of rotatable bonds is 5. The van der Waals surface area contributed by atoms with Crippen LogP contribution in [-0.2, 0) is 6.54 Å². The third-order valence-corrected chi connectivity index (χ3v) is 4.25. The molecule has 0 bridgehead atoms. The number of nitrogens with one attached hydrogen (secondary N) is 2. The minimum absolute atomic E-state index is 0.137. The third-order valence-electron chi connectivity index (χ3n) is 4.25. The maximum atomic E-state index is 12.3. The fraction of sp³-hybridized carbons (Fsp3) is 0.368. The fourth-order valence-electron chi connectivity index (χ4n) is 3.05. The number of nitrogens with zero attached hydrogens (tertiary/aromatic N) is 1. The van der Waals surface area contributed by atoms with Gasteiger partial charge in [-0.25, -0.2) is 0 Å². The zero-order valence-corrected chi connectivity index (χ0v) is 13.5. The number of amides is 1. The SMILES string of the molecule is Cc1cccc(CNC(=O)c2cc(NC3CCCC3)ccn2)c1. The van der Waals surface area contributed by atoms with Crippen molar-refractivity contribution in [2.75, 3.05) is 5.32 Å². The second kappa shape index (κ2) is 7.27.